The fraction of sp³-hybridized carbons (Fsp3) is 0.905. The fourth-order valence-electron chi connectivity index (χ4n) is 6.51. The predicted octanol–water partition coefficient (Wildman–Crippen LogP) is 3.36. The van der Waals surface area contributed by atoms with Crippen LogP contribution in [-0.4, -0.2) is 35.8 Å². The van der Waals surface area contributed by atoms with E-state index in [1.807, 2.05) is 4.90 Å². The molecule has 1 heterocycles. The van der Waals surface area contributed by atoms with E-state index in [0.29, 0.717) is 0 Å². The molecular weight excluding hydrogens is 312 g/mol. The van der Waals surface area contributed by atoms with Crippen LogP contribution in [0.3, 0.4) is 0 Å². The molecule has 0 aromatic heterocycles. The van der Waals surface area contributed by atoms with Gasteiger partial charge in [0, 0.05) is 18.5 Å². The van der Waals surface area contributed by atoms with Crippen molar-refractivity contribution in [1.82, 2.24) is 10.2 Å². The summed E-state index contributed by atoms with van der Waals surface area (Å²) in [6.07, 6.45) is 10.6. The number of likely N-dealkylation sites (tertiary alicyclic amines) is 1. The molecule has 0 aromatic carbocycles. The predicted molar refractivity (Wildman–Crippen MR) is 97.8 cm³/mol. The fourth-order valence-corrected chi connectivity index (χ4v) is 6.51. The normalized spacial score (nSPS) is 38.0. The Hall–Kier alpha value is -1.06. The number of carbonyl (C=O) groups is 2. The van der Waals surface area contributed by atoms with E-state index >= 15 is 0 Å². The smallest absolute Gasteiger partial charge is 0.245 e. The van der Waals surface area contributed by atoms with E-state index in [2.05, 4.69) is 19.2 Å². The second-order valence-corrected chi connectivity index (χ2v) is 9.78. The average molecular weight is 347 g/mol. The van der Waals surface area contributed by atoms with Crippen LogP contribution in [0.15, 0.2) is 0 Å². The van der Waals surface area contributed by atoms with Crippen LogP contribution in [0.4, 0.5) is 0 Å². The molecule has 1 N–H and O–H groups in total. The summed E-state index contributed by atoms with van der Waals surface area (Å²) in [4.78, 5) is 28.3. The van der Waals surface area contributed by atoms with Crippen molar-refractivity contribution >= 4 is 11.8 Å². The third kappa shape index (κ3) is 3.21. The number of carbonyl (C=O) groups excluding carboxylic acids is 2. The Morgan fingerprint density at radius 1 is 0.920 bits per heavy atom. The van der Waals surface area contributed by atoms with Gasteiger partial charge in [-0.25, -0.2) is 0 Å². The first-order chi connectivity index (χ1) is 12.0. The second kappa shape index (κ2) is 6.59. The molecule has 0 aromatic rings. The minimum absolute atomic E-state index is 0.146. The van der Waals surface area contributed by atoms with E-state index in [9.17, 15) is 9.59 Å². The van der Waals surface area contributed by atoms with Crippen molar-refractivity contribution in [3.8, 4) is 0 Å². The van der Waals surface area contributed by atoms with Gasteiger partial charge >= 0.3 is 0 Å². The van der Waals surface area contributed by atoms with Gasteiger partial charge in [-0.2, -0.15) is 0 Å². The summed E-state index contributed by atoms with van der Waals surface area (Å²) >= 11 is 0. The van der Waals surface area contributed by atoms with Gasteiger partial charge in [0.2, 0.25) is 11.8 Å². The zero-order chi connectivity index (χ0) is 17.6. The molecule has 25 heavy (non-hydrogen) atoms. The molecule has 4 heteroatoms. The third-order valence-electron chi connectivity index (χ3n) is 7.41. The highest BCUT2D eigenvalue weighted by Crippen LogP contribution is 2.60. The van der Waals surface area contributed by atoms with Crippen molar-refractivity contribution in [3.63, 3.8) is 0 Å². The monoisotopic (exact) mass is 346 g/mol. The van der Waals surface area contributed by atoms with Crippen LogP contribution >= 0.6 is 0 Å². The van der Waals surface area contributed by atoms with Gasteiger partial charge in [-0.3, -0.25) is 9.59 Å². The molecule has 140 valence electrons. The van der Waals surface area contributed by atoms with E-state index in [-0.39, 0.29) is 29.2 Å². The quantitative estimate of drug-likeness (QED) is 0.848. The van der Waals surface area contributed by atoms with Gasteiger partial charge < -0.3 is 10.2 Å². The van der Waals surface area contributed by atoms with Crippen LogP contribution in [-0.2, 0) is 9.59 Å². The van der Waals surface area contributed by atoms with Crippen molar-refractivity contribution in [2.75, 3.05) is 13.1 Å². The maximum absolute atomic E-state index is 13.3. The highest BCUT2D eigenvalue weighted by atomic mass is 16.2. The molecule has 0 radical (unpaired) electrons. The Morgan fingerprint density at radius 3 is 1.92 bits per heavy atom. The summed E-state index contributed by atoms with van der Waals surface area (Å²) < 4.78 is 0. The minimum Gasteiger partial charge on any atom is -0.344 e. The largest absolute Gasteiger partial charge is 0.344 e. The summed E-state index contributed by atoms with van der Waals surface area (Å²) in [7, 11) is 0. The molecule has 1 aliphatic heterocycles. The number of hydrogen-bond acceptors (Lipinski definition) is 2. The molecule has 2 amide bonds. The number of nitrogens with one attached hydrogen (secondary N) is 1. The Morgan fingerprint density at radius 2 is 1.44 bits per heavy atom. The molecule has 1 atom stereocenters. The lowest BCUT2D eigenvalue weighted by Crippen LogP contribution is -2.59. The Kier molecular flexibility index (Phi) is 4.57. The summed E-state index contributed by atoms with van der Waals surface area (Å²) in [6.45, 7) is 5.84. The van der Waals surface area contributed by atoms with Crippen LogP contribution in [0.1, 0.15) is 71.6 Å². The summed E-state index contributed by atoms with van der Waals surface area (Å²) in [6, 6.07) is -0.349. The summed E-state index contributed by atoms with van der Waals surface area (Å²) in [5, 5.41) is 3.24. The first kappa shape index (κ1) is 17.4. The van der Waals surface area contributed by atoms with Gasteiger partial charge in [0.05, 0.1) is 0 Å². The van der Waals surface area contributed by atoms with E-state index < -0.39 is 0 Å². The zero-order valence-electron chi connectivity index (χ0n) is 15.9. The van der Waals surface area contributed by atoms with Crippen molar-refractivity contribution < 1.29 is 9.59 Å². The Labute approximate surface area is 152 Å². The molecule has 4 saturated carbocycles. The Balaban J connectivity index is 1.46. The minimum atomic E-state index is -0.349. The molecule has 5 aliphatic rings. The van der Waals surface area contributed by atoms with Gasteiger partial charge in [-0.15, -0.1) is 0 Å². The molecular formula is C21H34N2O2. The second-order valence-electron chi connectivity index (χ2n) is 9.78. The van der Waals surface area contributed by atoms with Gasteiger partial charge in [0.15, 0.2) is 0 Å². The van der Waals surface area contributed by atoms with Crippen LogP contribution in [0.5, 0.6) is 0 Å². The van der Waals surface area contributed by atoms with Crippen LogP contribution in [0.2, 0.25) is 0 Å². The van der Waals surface area contributed by atoms with Crippen molar-refractivity contribution in [2.45, 2.75) is 77.7 Å². The molecule has 4 nitrogen and oxygen atoms in total. The molecule has 4 aliphatic carbocycles. The number of nitrogens with zero attached hydrogens (tertiary/aromatic N) is 1. The number of amides is 2. The van der Waals surface area contributed by atoms with Crippen LogP contribution < -0.4 is 5.32 Å². The van der Waals surface area contributed by atoms with Gasteiger partial charge in [-0.1, -0.05) is 13.8 Å². The standard InChI is InChI=1S/C21H34N2O2/c1-14(2)18(19(24)23-6-4-3-5-7-23)22-20(25)21-11-15-8-16(12-21)10-17(9-15)13-21/h14-18H,3-13H2,1-2H3,(H,22,25)/t15?,16?,17?,18-,21?/m1/s1. The maximum Gasteiger partial charge on any atom is 0.245 e. The van der Waals surface area contributed by atoms with Gasteiger partial charge in [-0.05, 0) is 81.5 Å². The van der Waals surface area contributed by atoms with Crippen molar-refractivity contribution in [1.29, 1.82) is 0 Å². The van der Waals surface area contributed by atoms with Crippen molar-refractivity contribution in [2.24, 2.45) is 29.1 Å². The highest BCUT2D eigenvalue weighted by Gasteiger charge is 2.55. The SMILES string of the molecule is CC(C)[C@@H](NC(=O)C12CC3CC(CC(C3)C1)C2)C(=O)N1CCCCC1. The van der Waals surface area contributed by atoms with Crippen LogP contribution in [0.25, 0.3) is 0 Å². The lowest BCUT2D eigenvalue weighted by molar-refractivity contribution is -0.150. The lowest BCUT2D eigenvalue weighted by atomic mass is 9.49. The van der Waals surface area contributed by atoms with E-state index in [1.165, 1.54) is 25.7 Å². The van der Waals surface area contributed by atoms with Gasteiger partial charge in [0.25, 0.3) is 0 Å². The highest BCUT2D eigenvalue weighted by molar-refractivity contribution is 5.90. The zero-order valence-corrected chi connectivity index (χ0v) is 15.9. The summed E-state index contributed by atoms with van der Waals surface area (Å²) in [5.74, 6) is 2.75. The number of rotatable bonds is 4. The van der Waals surface area contributed by atoms with E-state index in [0.717, 1.165) is 62.9 Å². The number of hydrogen-bond donors (Lipinski definition) is 1. The first-order valence-corrected chi connectivity index (χ1v) is 10.6. The third-order valence-corrected chi connectivity index (χ3v) is 7.41. The maximum atomic E-state index is 13.3. The lowest BCUT2D eigenvalue weighted by Gasteiger charge is -2.56. The molecule has 1 saturated heterocycles. The molecule has 4 bridgehead atoms. The molecule has 0 spiro atoms. The average Bonchev–Trinajstić information content (AvgIpc) is 2.58. The van der Waals surface area contributed by atoms with Gasteiger partial charge in [0.1, 0.15) is 6.04 Å². The van der Waals surface area contributed by atoms with E-state index in [1.54, 1.807) is 0 Å². The topological polar surface area (TPSA) is 49.4 Å². The molecule has 5 fully saturated rings. The van der Waals surface area contributed by atoms with E-state index in [4.69, 9.17) is 0 Å². The van der Waals surface area contributed by atoms with Crippen molar-refractivity contribution in [3.05, 3.63) is 0 Å². The molecule has 0 unspecified atom stereocenters. The molecule has 5 rings (SSSR count). The first-order valence-electron chi connectivity index (χ1n) is 10.6. The summed E-state index contributed by atoms with van der Waals surface area (Å²) in [5.41, 5.74) is -0.163. The number of piperidine rings is 1. The Bertz CT molecular complexity index is 501. The van der Waals surface area contributed by atoms with Crippen LogP contribution in [0, 0.1) is 29.1 Å².